The van der Waals surface area contributed by atoms with Crippen molar-refractivity contribution in [3.63, 3.8) is 0 Å². The van der Waals surface area contributed by atoms with Crippen LogP contribution in [0.3, 0.4) is 0 Å². The van der Waals surface area contributed by atoms with Crippen molar-refractivity contribution in [2.75, 3.05) is 0 Å². The van der Waals surface area contributed by atoms with Gasteiger partial charge >= 0.3 is 0 Å². The van der Waals surface area contributed by atoms with Crippen molar-refractivity contribution in [3.8, 4) is 45.2 Å². The lowest BCUT2D eigenvalue weighted by atomic mass is 9.88. The Kier molecular flexibility index (Phi) is 8.46. The number of hydrogen-bond donors (Lipinski definition) is 0. The number of nitrogens with zero attached hydrogens (tertiary/aromatic N) is 4. The van der Waals surface area contributed by atoms with Gasteiger partial charge in [-0.15, -0.1) is 0 Å². The van der Waals surface area contributed by atoms with E-state index < -0.39 is 0 Å². The van der Waals surface area contributed by atoms with Crippen molar-refractivity contribution in [2.45, 2.75) is 0 Å². The monoisotopic (exact) mass is 788 g/mol. The normalized spacial score (nSPS) is 11.5. The molecule has 0 atom stereocenters. The van der Waals surface area contributed by atoms with Crippen molar-refractivity contribution in [3.05, 3.63) is 219 Å². The number of benzene rings is 8. The highest BCUT2D eigenvalue weighted by Gasteiger charge is 2.17. The summed E-state index contributed by atoms with van der Waals surface area (Å²) in [7, 11) is 0. The Morgan fingerprint density at radius 3 is 1.18 bits per heavy atom. The number of pyridine rings is 2. The lowest BCUT2D eigenvalue weighted by molar-refractivity contribution is 1.18. The fraction of sp³-hybridized carbons (Fsp3) is 0. The quantitative estimate of drug-likeness (QED) is 0.167. The Labute approximate surface area is 357 Å². The van der Waals surface area contributed by atoms with Crippen LogP contribution in [0.5, 0.6) is 0 Å². The molecule has 0 bridgehead atoms. The third-order valence-corrected chi connectivity index (χ3v) is 12.2. The number of aromatic nitrogens is 4. The molecule has 288 valence electrons. The molecule has 0 amide bonds. The van der Waals surface area contributed by atoms with E-state index in [9.17, 15) is 0 Å². The van der Waals surface area contributed by atoms with E-state index in [-0.39, 0.29) is 0 Å². The van der Waals surface area contributed by atoms with Gasteiger partial charge in [-0.05, 0) is 112 Å². The van der Waals surface area contributed by atoms with E-state index in [0.29, 0.717) is 5.82 Å². The van der Waals surface area contributed by atoms with Crippen LogP contribution >= 0.6 is 0 Å². The van der Waals surface area contributed by atoms with Crippen LogP contribution in [0.1, 0.15) is 0 Å². The summed E-state index contributed by atoms with van der Waals surface area (Å²) >= 11 is 0. The zero-order chi connectivity index (χ0) is 41.0. The summed E-state index contributed by atoms with van der Waals surface area (Å²) in [5.74, 6) is 0.642. The van der Waals surface area contributed by atoms with Gasteiger partial charge in [-0.2, -0.15) is 0 Å². The molecule has 0 spiro atoms. The second kappa shape index (κ2) is 14.7. The Morgan fingerprint density at radius 2 is 0.677 bits per heavy atom. The maximum Gasteiger partial charge on any atom is 0.160 e. The average molecular weight is 789 g/mol. The molecule has 0 unspecified atom stereocenters. The summed E-state index contributed by atoms with van der Waals surface area (Å²) in [6.45, 7) is 0. The molecule has 4 heteroatoms. The molecule has 0 saturated carbocycles. The van der Waals surface area contributed by atoms with E-state index in [1.54, 1.807) is 6.20 Å². The molecule has 0 radical (unpaired) electrons. The lowest BCUT2D eigenvalue weighted by Gasteiger charge is -2.15. The molecule has 0 N–H and O–H groups in total. The molecule has 3 heterocycles. The van der Waals surface area contributed by atoms with E-state index >= 15 is 0 Å². The highest BCUT2D eigenvalue weighted by Crippen LogP contribution is 2.44. The fourth-order valence-electron chi connectivity index (χ4n) is 9.38. The molecule has 0 fully saturated rings. The molecule has 0 saturated heterocycles. The van der Waals surface area contributed by atoms with Crippen molar-refractivity contribution in [1.82, 2.24) is 19.9 Å². The van der Waals surface area contributed by atoms with Crippen LogP contribution in [0.2, 0.25) is 0 Å². The minimum Gasteiger partial charge on any atom is -0.264 e. The van der Waals surface area contributed by atoms with Crippen LogP contribution in [-0.2, 0) is 0 Å². The summed E-state index contributed by atoms with van der Waals surface area (Å²) in [4.78, 5) is 19.8. The summed E-state index contributed by atoms with van der Waals surface area (Å²) in [6.07, 6.45) is 5.51. The second-order valence-corrected chi connectivity index (χ2v) is 15.7. The second-order valence-electron chi connectivity index (χ2n) is 15.7. The molecular weight excluding hydrogens is 753 g/mol. The summed E-state index contributed by atoms with van der Waals surface area (Å²) < 4.78 is 0. The predicted octanol–water partition coefficient (Wildman–Crippen LogP) is 15.1. The number of rotatable bonds is 4. The van der Waals surface area contributed by atoms with E-state index in [2.05, 4.69) is 181 Å². The van der Waals surface area contributed by atoms with Crippen LogP contribution in [-0.4, -0.2) is 19.9 Å². The van der Waals surface area contributed by atoms with E-state index in [4.69, 9.17) is 15.0 Å². The van der Waals surface area contributed by atoms with Crippen LogP contribution in [0.15, 0.2) is 219 Å². The van der Waals surface area contributed by atoms with Crippen molar-refractivity contribution in [1.29, 1.82) is 0 Å². The molecule has 3 aromatic heterocycles. The van der Waals surface area contributed by atoms with Gasteiger partial charge in [-0.25, -0.2) is 9.97 Å². The molecule has 0 aliphatic carbocycles. The summed E-state index contributed by atoms with van der Waals surface area (Å²) in [6, 6.07) is 71.7. The van der Waals surface area contributed by atoms with Gasteiger partial charge in [0.2, 0.25) is 0 Å². The first-order chi connectivity index (χ1) is 30.8. The first kappa shape index (κ1) is 35.6. The third kappa shape index (κ3) is 5.92. The molecule has 0 aliphatic rings. The molecule has 12 rings (SSSR count). The number of fused-ring (bicyclic) bond motifs is 15. The van der Waals surface area contributed by atoms with Gasteiger partial charge in [-0.1, -0.05) is 164 Å². The third-order valence-electron chi connectivity index (χ3n) is 12.2. The van der Waals surface area contributed by atoms with Crippen LogP contribution in [0.25, 0.3) is 121 Å². The summed E-state index contributed by atoms with van der Waals surface area (Å²) in [5, 5.41) is 16.7. The van der Waals surface area contributed by atoms with E-state index in [1.807, 2.05) is 36.7 Å². The first-order valence-electron chi connectivity index (χ1n) is 20.9. The molecule has 0 aliphatic heterocycles. The standard InChI is InChI=1S/C58H36N4/c1-2-15-37(16-3-1)54-34-55(40-29-31-53(60-36-40)39-17-14-32-59-35-39)62-58(61-54)38-28-30-48-44-21-7-5-19-42(44)41-18-4-6-20-43(41)45-22-8-11-25-49(45)56-50-26-12-9-23-46(50)47-24-10-13-27-51(47)57(56)52(48)33-38/h1-36H. The van der Waals surface area contributed by atoms with Gasteiger partial charge in [0, 0.05) is 40.8 Å². The van der Waals surface area contributed by atoms with Crippen molar-refractivity contribution < 1.29 is 0 Å². The minimum atomic E-state index is 0.642. The lowest BCUT2D eigenvalue weighted by Crippen LogP contribution is -1.97. The van der Waals surface area contributed by atoms with Crippen molar-refractivity contribution in [2.24, 2.45) is 0 Å². The van der Waals surface area contributed by atoms with Crippen LogP contribution in [0.4, 0.5) is 0 Å². The van der Waals surface area contributed by atoms with Gasteiger partial charge in [0.05, 0.1) is 17.1 Å². The highest BCUT2D eigenvalue weighted by atomic mass is 14.9. The highest BCUT2D eigenvalue weighted by molar-refractivity contribution is 6.38. The van der Waals surface area contributed by atoms with Gasteiger partial charge in [-0.3, -0.25) is 9.97 Å². The smallest absolute Gasteiger partial charge is 0.160 e. The first-order valence-corrected chi connectivity index (χ1v) is 20.9. The zero-order valence-electron chi connectivity index (χ0n) is 33.6. The zero-order valence-corrected chi connectivity index (χ0v) is 33.6. The van der Waals surface area contributed by atoms with E-state index in [0.717, 1.165) is 50.1 Å². The Morgan fingerprint density at radius 1 is 0.258 bits per heavy atom. The SMILES string of the molecule is c1ccc(-c2cc(-c3ccc(-c4cccnc4)nc3)nc(-c3ccc4c5ccccc5c5ccccc5c5ccccc5c5c6ccccc6c6ccccc6c5c4c3)n2)cc1. The van der Waals surface area contributed by atoms with Crippen molar-refractivity contribution >= 4 is 75.4 Å². The number of hydrogen-bond acceptors (Lipinski definition) is 4. The molecule has 62 heavy (non-hydrogen) atoms. The van der Waals surface area contributed by atoms with Gasteiger partial charge < -0.3 is 0 Å². The van der Waals surface area contributed by atoms with Gasteiger partial charge in [0.15, 0.2) is 5.82 Å². The summed E-state index contributed by atoms with van der Waals surface area (Å²) in [5.41, 5.74) is 6.31. The molecule has 4 nitrogen and oxygen atoms in total. The average Bonchev–Trinajstić information content (AvgIpc) is 3.36. The Balaban J connectivity index is 1.25. The largest absolute Gasteiger partial charge is 0.264 e. The molecule has 12 aromatic rings. The minimum absolute atomic E-state index is 0.642. The predicted molar refractivity (Wildman–Crippen MR) is 260 cm³/mol. The fourth-order valence-corrected chi connectivity index (χ4v) is 9.38. The maximum absolute atomic E-state index is 5.34. The Hall–Kier alpha value is -8.34. The van der Waals surface area contributed by atoms with Gasteiger partial charge in [0.1, 0.15) is 0 Å². The molecular formula is C58H36N4. The Bertz CT molecular complexity index is 3790. The molecule has 9 aromatic carbocycles. The maximum atomic E-state index is 5.34. The topological polar surface area (TPSA) is 51.6 Å². The van der Waals surface area contributed by atoms with Crippen LogP contribution in [0, 0.1) is 0 Å². The van der Waals surface area contributed by atoms with Gasteiger partial charge in [0.25, 0.3) is 0 Å². The van der Waals surface area contributed by atoms with E-state index in [1.165, 1.54) is 64.6 Å². The van der Waals surface area contributed by atoms with Crippen LogP contribution < -0.4 is 0 Å².